The van der Waals surface area contributed by atoms with E-state index in [1.807, 2.05) is 22.6 Å². The minimum absolute atomic E-state index is 0.117. The lowest BCUT2D eigenvalue weighted by molar-refractivity contribution is 0.0953. The highest BCUT2D eigenvalue weighted by atomic mass is 127. The maximum Gasteiger partial charge on any atom is 0.274 e. The molecule has 2 N–H and O–H groups in total. The number of amides is 1. The Balaban J connectivity index is 2.11. The molecule has 1 heterocycles. The Kier molecular flexibility index (Phi) is 4.81. The van der Waals surface area contributed by atoms with Crippen LogP contribution in [0, 0.1) is 10.5 Å². The lowest BCUT2D eigenvalue weighted by Crippen LogP contribution is -2.17. The van der Waals surface area contributed by atoms with Crippen molar-refractivity contribution < 1.29 is 14.3 Å². The highest BCUT2D eigenvalue weighted by Crippen LogP contribution is 2.27. The fourth-order valence-electron chi connectivity index (χ4n) is 1.53. The summed E-state index contributed by atoms with van der Waals surface area (Å²) in [5, 5.41) is 13.7. The maximum atomic E-state index is 11.8. The van der Waals surface area contributed by atoms with Crippen LogP contribution in [0.2, 0.25) is 0 Å². The summed E-state index contributed by atoms with van der Waals surface area (Å²) in [5.41, 5.74) is 3.32. The first kappa shape index (κ1) is 15.0. The molecular weight excluding hydrogens is 439 g/mol. The number of halogens is 2. The monoisotopic (exact) mass is 448 g/mol. The number of hydrogen-bond acceptors (Lipinski definition) is 4. The van der Waals surface area contributed by atoms with Crippen LogP contribution in [0.5, 0.6) is 5.75 Å². The van der Waals surface area contributed by atoms with E-state index in [2.05, 4.69) is 26.5 Å². The van der Waals surface area contributed by atoms with E-state index in [4.69, 9.17) is 4.42 Å². The number of hydrazone groups is 1. The third-order valence-corrected chi connectivity index (χ3v) is 3.81. The number of aryl methyl sites for hydroxylation is 1. The summed E-state index contributed by atoms with van der Waals surface area (Å²) >= 11 is 5.34. The van der Waals surface area contributed by atoms with Crippen molar-refractivity contribution in [2.24, 2.45) is 5.10 Å². The van der Waals surface area contributed by atoms with E-state index in [-0.39, 0.29) is 11.7 Å². The summed E-state index contributed by atoms with van der Waals surface area (Å²) in [6.45, 7) is 1.70. The van der Waals surface area contributed by atoms with Crippen molar-refractivity contribution in [1.82, 2.24) is 5.43 Å². The Morgan fingerprint density at radius 1 is 1.55 bits per heavy atom. The first-order valence-electron chi connectivity index (χ1n) is 5.54. The number of furan rings is 1. The van der Waals surface area contributed by atoms with Crippen molar-refractivity contribution in [3.8, 4) is 5.75 Å². The lowest BCUT2D eigenvalue weighted by Gasteiger charge is -2.03. The van der Waals surface area contributed by atoms with Crippen LogP contribution in [-0.2, 0) is 0 Å². The molecule has 0 saturated heterocycles. The number of benzene rings is 1. The average Bonchev–Trinajstić information content (AvgIpc) is 2.81. The van der Waals surface area contributed by atoms with Gasteiger partial charge in [0, 0.05) is 10.0 Å². The minimum Gasteiger partial charge on any atom is -0.506 e. The van der Waals surface area contributed by atoms with Gasteiger partial charge in [-0.3, -0.25) is 4.79 Å². The van der Waals surface area contributed by atoms with E-state index in [9.17, 15) is 9.90 Å². The third-order valence-electron chi connectivity index (χ3n) is 2.53. The highest BCUT2D eigenvalue weighted by molar-refractivity contribution is 14.1. The zero-order valence-corrected chi connectivity index (χ0v) is 14.1. The van der Waals surface area contributed by atoms with Crippen molar-refractivity contribution in [2.45, 2.75) is 6.92 Å². The van der Waals surface area contributed by atoms with E-state index in [0.717, 1.165) is 4.47 Å². The van der Waals surface area contributed by atoms with Crippen LogP contribution < -0.4 is 5.43 Å². The minimum atomic E-state index is -0.364. The van der Waals surface area contributed by atoms with E-state index in [0.29, 0.717) is 20.5 Å². The standard InChI is InChI=1S/C13H10BrIN2O3/c1-7-10(2-3-20-7)13(19)17-16-6-8-4-9(14)5-11(15)12(8)18/h2-6,18H,1H3,(H,17,19)/b16-6-. The summed E-state index contributed by atoms with van der Waals surface area (Å²) in [7, 11) is 0. The van der Waals surface area contributed by atoms with E-state index >= 15 is 0 Å². The molecule has 7 heteroatoms. The molecule has 0 fully saturated rings. The van der Waals surface area contributed by atoms with Gasteiger partial charge in [-0.25, -0.2) is 5.43 Å². The third kappa shape index (κ3) is 3.40. The second-order valence-electron chi connectivity index (χ2n) is 3.92. The van der Waals surface area contributed by atoms with Crippen LogP contribution >= 0.6 is 38.5 Å². The van der Waals surface area contributed by atoms with Crippen molar-refractivity contribution in [3.63, 3.8) is 0 Å². The van der Waals surface area contributed by atoms with Crippen LogP contribution in [0.3, 0.4) is 0 Å². The maximum absolute atomic E-state index is 11.8. The fourth-order valence-corrected chi connectivity index (χ4v) is 3.08. The normalized spacial score (nSPS) is 10.9. The molecule has 0 bridgehead atoms. The number of aromatic hydroxyl groups is 1. The zero-order chi connectivity index (χ0) is 14.7. The molecule has 20 heavy (non-hydrogen) atoms. The summed E-state index contributed by atoms with van der Waals surface area (Å²) < 4.78 is 6.55. The van der Waals surface area contributed by atoms with Gasteiger partial charge in [-0.1, -0.05) is 15.9 Å². The largest absolute Gasteiger partial charge is 0.506 e. The molecule has 0 aliphatic heterocycles. The number of nitrogens with one attached hydrogen (secondary N) is 1. The van der Waals surface area contributed by atoms with Crippen LogP contribution in [0.4, 0.5) is 0 Å². The van der Waals surface area contributed by atoms with Crippen LogP contribution in [0.15, 0.2) is 38.5 Å². The molecule has 1 aromatic carbocycles. The van der Waals surface area contributed by atoms with Crippen LogP contribution in [0.1, 0.15) is 21.7 Å². The van der Waals surface area contributed by atoms with Gasteiger partial charge in [0.2, 0.25) is 0 Å². The van der Waals surface area contributed by atoms with Crippen LogP contribution in [-0.4, -0.2) is 17.2 Å². The molecule has 0 spiro atoms. The topological polar surface area (TPSA) is 74.8 Å². The number of carbonyl (C=O) groups excluding carboxylic acids is 1. The molecule has 0 aliphatic carbocycles. The van der Waals surface area contributed by atoms with E-state index in [1.165, 1.54) is 12.5 Å². The Bertz CT molecular complexity index is 682. The number of carbonyl (C=O) groups is 1. The Hall–Kier alpha value is -1.35. The number of hydrogen-bond donors (Lipinski definition) is 2. The summed E-state index contributed by atoms with van der Waals surface area (Å²) in [6, 6.07) is 5.05. The fraction of sp³-hybridized carbons (Fsp3) is 0.0769. The molecule has 2 aromatic rings. The molecule has 5 nitrogen and oxygen atoms in total. The molecule has 0 radical (unpaired) electrons. The Morgan fingerprint density at radius 2 is 2.30 bits per heavy atom. The number of phenolic OH excluding ortho intramolecular Hbond substituents is 1. The Morgan fingerprint density at radius 3 is 2.95 bits per heavy atom. The first-order chi connectivity index (χ1) is 9.49. The number of nitrogens with zero attached hydrogens (tertiary/aromatic N) is 1. The Labute approximate surface area is 137 Å². The molecule has 104 valence electrons. The second-order valence-corrected chi connectivity index (χ2v) is 5.99. The smallest absolute Gasteiger partial charge is 0.274 e. The quantitative estimate of drug-likeness (QED) is 0.429. The van der Waals surface area contributed by atoms with Gasteiger partial charge in [0.25, 0.3) is 5.91 Å². The summed E-state index contributed by atoms with van der Waals surface area (Å²) in [4.78, 5) is 11.8. The van der Waals surface area contributed by atoms with Gasteiger partial charge in [-0.05, 0) is 47.7 Å². The highest BCUT2D eigenvalue weighted by Gasteiger charge is 2.10. The molecule has 1 amide bonds. The van der Waals surface area contributed by atoms with Gasteiger partial charge >= 0.3 is 0 Å². The van der Waals surface area contributed by atoms with Crippen LogP contribution in [0.25, 0.3) is 0 Å². The molecular formula is C13H10BrIN2O3. The molecule has 0 saturated carbocycles. The molecule has 1 aromatic heterocycles. The van der Waals surface area contributed by atoms with Crippen molar-refractivity contribution in [3.05, 3.63) is 49.4 Å². The summed E-state index contributed by atoms with van der Waals surface area (Å²) in [6.07, 6.45) is 2.83. The molecule has 2 rings (SSSR count). The van der Waals surface area contributed by atoms with Gasteiger partial charge in [0.15, 0.2) is 0 Å². The number of phenols is 1. The lowest BCUT2D eigenvalue weighted by atomic mass is 10.2. The SMILES string of the molecule is Cc1occc1C(=O)N/N=C\c1cc(Br)cc(I)c1O. The first-order valence-corrected chi connectivity index (χ1v) is 7.41. The summed E-state index contributed by atoms with van der Waals surface area (Å²) in [5.74, 6) is 0.278. The van der Waals surface area contributed by atoms with Gasteiger partial charge in [0.05, 0.1) is 21.6 Å². The molecule has 0 aliphatic rings. The van der Waals surface area contributed by atoms with Gasteiger partial charge < -0.3 is 9.52 Å². The predicted octanol–water partition coefficient (Wildman–Crippen LogP) is 3.42. The van der Waals surface area contributed by atoms with Gasteiger partial charge in [0.1, 0.15) is 11.5 Å². The van der Waals surface area contributed by atoms with E-state index < -0.39 is 0 Å². The van der Waals surface area contributed by atoms with Crippen molar-refractivity contribution >= 4 is 50.6 Å². The predicted molar refractivity (Wildman–Crippen MR) is 87.0 cm³/mol. The van der Waals surface area contributed by atoms with Crippen molar-refractivity contribution in [2.75, 3.05) is 0 Å². The van der Waals surface area contributed by atoms with E-state index in [1.54, 1.807) is 25.1 Å². The molecule has 0 unspecified atom stereocenters. The van der Waals surface area contributed by atoms with Gasteiger partial charge in [-0.2, -0.15) is 5.10 Å². The average molecular weight is 449 g/mol. The molecule has 0 atom stereocenters. The zero-order valence-electron chi connectivity index (χ0n) is 10.4. The van der Waals surface area contributed by atoms with Gasteiger partial charge in [-0.15, -0.1) is 0 Å². The number of rotatable bonds is 3. The second kappa shape index (κ2) is 6.40. The van der Waals surface area contributed by atoms with Crippen molar-refractivity contribution in [1.29, 1.82) is 0 Å².